The van der Waals surface area contributed by atoms with Crippen LogP contribution in [0.15, 0.2) is 30.2 Å². The van der Waals surface area contributed by atoms with Crippen LogP contribution in [-0.2, 0) is 0 Å². The summed E-state index contributed by atoms with van der Waals surface area (Å²) in [5, 5.41) is 2.87. The Morgan fingerprint density at radius 3 is 2.38 bits per heavy atom. The molecule has 0 bridgehead atoms. The van der Waals surface area contributed by atoms with E-state index in [0.717, 1.165) is 12.0 Å². The number of fused-ring (bicyclic) bond motifs is 1. The van der Waals surface area contributed by atoms with Crippen molar-refractivity contribution >= 4 is 70.7 Å². The van der Waals surface area contributed by atoms with Gasteiger partial charge in [-0.25, -0.2) is 0 Å². The quantitative estimate of drug-likeness (QED) is 0.631. The Hall–Kier alpha value is -0.570. The minimum atomic E-state index is -0.193. The number of rotatable bonds is 2. The molecule has 4 nitrogen and oxygen atoms in total. The zero-order valence-corrected chi connectivity index (χ0v) is 16.0. The normalized spacial score (nSPS) is 13.1. The number of benzene rings is 1. The summed E-state index contributed by atoms with van der Waals surface area (Å²) < 4.78 is 13.4. The number of ether oxygens (including phenoxy) is 2. The van der Waals surface area contributed by atoms with Gasteiger partial charge in [0.1, 0.15) is 13.2 Å². The fraction of sp³-hybridized carbons (Fsp3) is 0.154. The van der Waals surface area contributed by atoms with Crippen LogP contribution in [0, 0.1) is 0 Å². The van der Waals surface area contributed by atoms with Gasteiger partial charge < -0.3 is 14.8 Å². The van der Waals surface area contributed by atoms with Crippen LogP contribution >= 0.6 is 59.1 Å². The average molecular weight is 498 g/mol. The number of nitrogens with one attached hydrogen (secondary N) is 1. The monoisotopic (exact) mass is 495 g/mol. The highest BCUT2D eigenvalue weighted by atomic mass is 79.9. The Morgan fingerprint density at radius 1 is 1.10 bits per heavy atom. The molecule has 21 heavy (non-hydrogen) atoms. The fourth-order valence-electron chi connectivity index (χ4n) is 1.84. The molecule has 110 valence electrons. The molecule has 1 aromatic heterocycles. The number of anilines is 1. The molecule has 2 aromatic rings. The third-order valence-electron chi connectivity index (χ3n) is 2.78. The zero-order valence-electron chi connectivity index (χ0n) is 10.4. The van der Waals surface area contributed by atoms with Crippen molar-refractivity contribution in [1.29, 1.82) is 0 Å². The van der Waals surface area contributed by atoms with Gasteiger partial charge in [-0.1, -0.05) is 0 Å². The summed E-state index contributed by atoms with van der Waals surface area (Å²) in [4.78, 5) is 12.3. The number of thiophene rings is 1. The Morgan fingerprint density at radius 2 is 1.76 bits per heavy atom. The van der Waals surface area contributed by atoms with E-state index in [0.29, 0.717) is 36.0 Å². The Balaban J connectivity index is 1.87. The molecule has 0 radical (unpaired) electrons. The van der Waals surface area contributed by atoms with Gasteiger partial charge in [-0.3, -0.25) is 4.79 Å². The van der Waals surface area contributed by atoms with Crippen LogP contribution in [0.1, 0.15) is 10.4 Å². The lowest BCUT2D eigenvalue weighted by Gasteiger charge is -2.20. The minimum Gasteiger partial charge on any atom is -0.486 e. The summed E-state index contributed by atoms with van der Waals surface area (Å²) in [5.74, 6) is 1.11. The highest BCUT2D eigenvalue weighted by Gasteiger charge is 2.18. The second-order valence-corrected chi connectivity index (χ2v) is 8.77. The molecule has 1 aliphatic rings. The highest BCUT2D eigenvalue weighted by Crippen LogP contribution is 2.39. The molecule has 0 aliphatic carbocycles. The van der Waals surface area contributed by atoms with E-state index in [4.69, 9.17) is 9.47 Å². The van der Waals surface area contributed by atoms with E-state index in [1.54, 1.807) is 18.2 Å². The van der Waals surface area contributed by atoms with Crippen molar-refractivity contribution < 1.29 is 14.3 Å². The van der Waals surface area contributed by atoms with E-state index in [1.165, 1.54) is 11.3 Å². The van der Waals surface area contributed by atoms with Crippen molar-refractivity contribution in [2.24, 2.45) is 0 Å². The van der Waals surface area contributed by atoms with Crippen molar-refractivity contribution in [3.63, 3.8) is 0 Å². The summed E-state index contributed by atoms with van der Waals surface area (Å²) >= 11 is 11.6. The van der Waals surface area contributed by atoms with Gasteiger partial charge in [0.05, 0.1) is 18.8 Å². The minimum absolute atomic E-state index is 0.193. The van der Waals surface area contributed by atoms with Crippen molar-refractivity contribution in [2.75, 3.05) is 18.5 Å². The lowest BCUT2D eigenvalue weighted by atomic mass is 10.2. The number of halogens is 3. The molecule has 0 saturated carbocycles. The van der Waals surface area contributed by atoms with Crippen molar-refractivity contribution in [1.82, 2.24) is 0 Å². The first-order chi connectivity index (χ1) is 10.0. The van der Waals surface area contributed by atoms with Gasteiger partial charge in [-0.2, -0.15) is 0 Å². The van der Waals surface area contributed by atoms with E-state index in [1.807, 2.05) is 0 Å². The summed E-state index contributed by atoms with van der Waals surface area (Å²) in [6.45, 7) is 1.03. The molecule has 0 atom stereocenters. The second-order valence-electron chi connectivity index (χ2n) is 4.17. The number of amides is 1. The van der Waals surface area contributed by atoms with Crippen LogP contribution < -0.4 is 14.8 Å². The molecule has 2 heterocycles. The average Bonchev–Trinajstić information content (AvgIpc) is 2.78. The fourth-order valence-corrected chi connectivity index (χ4v) is 5.06. The van der Waals surface area contributed by atoms with Gasteiger partial charge >= 0.3 is 0 Å². The van der Waals surface area contributed by atoms with Crippen molar-refractivity contribution in [2.45, 2.75) is 0 Å². The highest BCUT2D eigenvalue weighted by molar-refractivity contribution is 9.12. The summed E-state index contributed by atoms with van der Waals surface area (Å²) in [5.41, 5.74) is 1.21. The van der Waals surface area contributed by atoms with Crippen LogP contribution in [0.5, 0.6) is 11.5 Å². The smallest absolute Gasteiger partial charge is 0.257 e. The van der Waals surface area contributed by atoms with E-state index in [9.17, 15) is 4.79 Å². The van der Waals surface area contributed by atoms with Crippen LogP contribution in [0.25, 0.3) is 0 Å². The summed E-state index contributed by atoms with van der Waals surface area (Å²) in [7, 11) is 0. The molecule has 1 N–H and O–H groups in total. The molecule has 8 heteroatoms. The molecular weight excluding hydrogens is 490 g/mol. The molecule has 0 fully saturated rings. The third-order valence-corrected chi connectivity index (χ3v) is 5.78. The SMILES string of the molecule is O=C(Nc1cc2c(cc1Br)OCCO2)c1cc(Br)sc1Br. The standard InChI is InChI=1S/C13H8Br3NO3S/c14-7-4-9-10(20-2-1-19-9)5-8(7)17-13(18)6-3-11(15)21-12(6)16/h3-5H,1-2H2,(H,17,18). The van der Waals surface area contributed by atoms with Crippen molar-refractivity contribution in [3.05, 3.63) is 35.8 Å². The third kappa shape index (κ3) is 3.28. The molecule has 1 aliphatic heterocycles. The van der Waals surface area contributed by atoms with E-state index < -0.39 is 0 Å². The lowest BCUT2D eigenvalue weighted by molar-refractivity contribution is 0.102. The van der Waals surface area contributed by atoms with Crippen LogP contribution in [-0.4, -0.2) is 19.1 Å². The van der Waals surface area contributed by atoms with Gasteiger partial charge in [-0.15, -0.1) is 11.3 Å². The molecule has 0 unspecified atom stereocenters. The molecule has 0 saturated heterocycles. The first-order valence-electron chi connectivity index (χ1n) is 5.90. The predicted octanol–water partition coefficient (Wildman–Crippen LogP) is 5.06. The summed E-state index contributed by atoms with van der Waals surface area (Å²) in [6, 6.07) is 5.32. The largest absolute Gasteiger partial charge is 0.486 e. The van der Waals surface area contributed by atoms with Gasteiger partial charge in [0.25, 0.3) is 5.91 Å². The van der Waals surface area contributed by atoms with E-state index >= 15 is 0 Å². The van der Waals surface area contributed by atoms with E-state index in [-0.39, 0.29) is 5.91 Å². The van der Waals surface area contributed by atoms with Crippen LogP contribution in [0.2, 0.25) is 0 Å². The number of carbonyl (C=O) groups is 1. The molecule has 0 spiro atoms. The maximum absolute atomic E-state index is 12.3. The number of hydrogen-bond donors (Lipinski definition) is 1. The molecular formula is C13H8Br3NO3S. The predicted molar refractivity (Wildman–Crippen MR) is 92.8 cm³/mol. The van der Waals surface area contributed by atoms with Crippen LogP contribution in [0.4, 0.5) is 5.69 Å². The molecule has 1 aromatic carbocycles. The van der Waals surface area contributed by atoms with Crippen molar-refractivity contribution in [3.8, 4) is 11.5 Å². The van der Waals surface area contributed by atoms with Gasteiger partial charge in [-0.05, 0) is 53.9 Å². The zero-order chi connectivity index (χ0) is 15.0. The van der Waals surface area contributed by atoms with Crippen LogP contribution in [0.3, 0.4) is 0 Å². The Kier molecular flexibility index (Phi) is 4.58. The van der Waals surface area contributed by atoms with Gasteiger partial charge in [0.15, 0.2) is 11.5 Å². The topological polar surface area (TPSA) is 47.6 Å². The maximum Gasteiger partial charge on any atom is 0.257 e. The Labute approximate surface area is 150 Å². The second kappa shape index (κ2) is 6.28. The van der Waals surface area contributed by atoms with E-state index in [2.05, 4.69) is 53.1 Å². The number of carbonyl (C=O) groups excluding carboxylic acids is 1. The first-order valence-corrected chi connectivity index (χ1v) is 9.09. The summed E-state index contributed by atoms with van der Waals surface area (Å²) in [6.07, 6.45) is 0. The van der Waals surface area contributed by atoms with Gasteiger partial charge in [0, 0.05) is 16.6 Å². The van der Waals surface area contributed by atoms with Gasteiger partial charge in [0.2, 0.25) is 0 Å². The maximum atomic E-state index is 12.3. The molecule has 3 rings (SSSR count). The first kappa shape index (κ1) is 15.3. The lowest BCUT2D eigenvalue weighted by Crippen LogP contribution is -2.16. The Bertz CT molecular complexity index is 717. The molecule has 1 amide bonds. The number of hydrogen-bond acceptors (Lipinski definition) is 4.